The van der Waals surface area contributed by atoms with Crippen LogP contribution in [0, 0.1) is 27.4 Å². The summed E-state index contributed by atoms with van der Waals surface area (Å²) < 4.78 is 1.92. The molecule has 0 spiro atoms. The van der Waals surface area contributed by atoms with Gasteiger partial charge >= 0.3 is 73.4 Å². The molecular formula is C35H46Cl2N2PRu-. The number of rotatable bonds is 3. The first-order valence-electron chi connectivity index (χ1n) is 15.0. The first-order valence-corrected chi connectivity index (χ1v) is 21.2. The molecule has 6 heteroatoms. The molecule has 2 saturated carbocycles. The molecule has 1 saturated heterocycles. The molecule has 3 fully saturated rings. The molecule has 6 rings (SSSR count). The number of hydrogen-bond donors (Lipinski definition) is 0. The Balaban J connectivity index is 0.000000186. The van der Waals surface area contributed by atoms with E-state index in [-0.39, 0.29) is 0 Å². The predicted octanol–water partition coefficient (Wildman–Crippen LogP) is 10.3. The van der Waals surface area contributed by atoms with E-state index in [1.165, 1.54) is 85.9 Å². The van der Waals surface area contributed by atoms with Crippen LogP contribution in [0.15, 0.2) is 72.8 Å². The number of anilines is 2. The SMILES string of the molecule is Cc1cc(C)c(N2[CH-]N(c3ccccc3)[C@@H]3CCCC[C@H]32)c(C)c1.PC1CCCCC1.[Cl][Ru]([Cl])=[CH]c1ccccc1. The summed E-state index contributed by atoms with van der Waals surface area (Å²) in [6.45, 7) is 9.08. The number of nitrogens with zero attached hydrogens (tertiary/aromatic N) is 2. The zero-order valence-corrected chi connectivity index (χ0v) is 29.2. The molecule has 0 aromatic heterocycles. The Labute approximate surface area is 264 Å². The number of fused-ring (bicyclic) bond motifs is 1. The summed E-state index contributed by atoms with van der Waals surface area (Å²) in [7, 11) is 14.2. The van der Waals surface area contributed by atoms with Gasteiger partial charge in [-0.1, -0.05) is 68.0 Å². The van der Waals surface area contributed by atoms with Gasteiger partial charge in [0, 0.05) is 23.5 Å². The summed E-state index contributed by atoms with van der Waals surface area (Å²) in [5, 5.41) is 0. The molecule has 3 aromatic rings. The molecule has 1 heterocycles. The summed E-state index contributed by atoms with van der Waals surface area (Å²) in [4.78, 5) is 5.09. The van der Waals surface area contributed by atoms with Gasteiger partial charge in [-0.15, -0.1) is 9.24 Å². The number of para-hydroxylation sites is 1. The average molecular weight is 698 g/mol. The topological polar surface area (TPSA) is 6.48 Å². The van der Waals surface area contributed by atoms with Gasteiger partial charge < -0.3 is 9.80 Å². The predicted molar refractivity (Wildman–Crippen MR) is 182 cm³/mol. The molecule has 0 bridgehead atoms. The van der Waals surface area contributed by atoms with Crippen LogP contribution in [-0.4, -0.2) is 22.4 Å². The summed E-state index contributed by atoms with van der Waals surface area (Å²) in [6, 6.07) is 26.6. The van der Waals surface area contributed by atoms with Crippen molar-refractivity contribution in [2.45, 2.75) is 96.3 Å². The molecule has 224 valence electrons. The van der Waals surface area contributed by atoms with E-state index >= 15 is 0 Å². The molecule has 2 nitrogen and oxygen atoms in total. The number of halogens is 2. The average Bonchev–Trinajstić information content (AvgIpc) is 3.34. The van der Waals surface area contributed by atoms with Crippen molar-refractivity contribution in [3.05, 3.63) is 102 Å². The van der Waals surface area contributed by atoms with Gasteiger partial charge in [-0.25, -0.2) is 0 Å². The van der Waals surface area contributed by atoms with Crippen LogP contribution in [-0.2, 0) is 13.5 Å². The molecule has 1 unspecified atom stereocenters. The zero-order chi connectivity index (χ0) is 29.2. The van der Waals surface area contributed by atoms with Gasteiger partial charge in [-0.05, 0) is 75.4 Å². The second-order valence-corrected chi connectivity index (χ2v) is 18.2. The fraction of sp³-hybridized carbons (Fsp3) is 0.429. The Bertz CT molecular complexity index is 1220. The standard InChI is InChI=1S/C22H27N2.C7H6.C6H13P.2ClH.Ru/c1-16-13-17(2)22(18(3)14-16)24-15-23(19-9-5-4-6-10-19)20-11-7-8-12-21(20)24;1-7-5-3-2-4-6-7;7-6-4-2-1-3-5-6;;;/h4-6,9-10,13-15,20-21H,7-8,11-12H2,1-3H3;1-6H;6H,1-5,7H2;2*1H;/q-1;;;;;+2/p-2/t20-,21-;;;;;/m1...../s1. The summed E-state index contributed by atoms with van der Waals surface area (Å²) in [6.07, 6.45) is 12.6. The minimum absolute atomic E-state index is 0.596. The van der Waals surface area contributed by atoms with Crippen LogP contribution in [0.25, 0.3) is 0 Å². The van der Waals surface area contributed by atoms with Crippen LogP contribution in [0.3, 0.4) is 0 Å². The molecular weight excluding hydrogens is 651 g/mol. The Kier molecular flexibility index (Phi) is 13.2. The fourth-order valence-electron chi connectivity index (χ4n) is 6.45. The van der Waals surface area contributed by atoms with E-state index in [9.17, 15) is 0 Å². The van der Waals surface area contributed by atoms with Crippen molar-refractivity contribution >= 4 is 44.6 Å². The normalized spacial score (nSPS) is 20.7. The van der Waals surface area contributed by atoms with E-state index in [0.29, 0.717) is 12.1 Å². The molecule has 0 N–H and O–H groups in total. The Hall–Kier alpha value is -1.24. The summed E-state index contributed by atoms with van der Waals surface area (Å²) >= 11 is -1.61. The molecule has 3 aromatic carbocycles. The molecule has 0 amide bonds. The van der Waals surface area contributed by atoms with E-state index in [4.69, 9.17) is 19.4 Å². The second kappa shape index (κ2) is 16.6. The molecule has 41 heavy (non-hydrogen) atoms. The summed E-state index contributed by atoms with van der Waals surface area (Å²) in [5.74, 6) is 0. The van der Waals surface area contributed by atoms with Crippen molar-refractivity contribution in [1.29, 1.82) is 0 Å². The molecule has 2 aliphatic carbocycles. The minimum atomic E-state index is -1.61. The van der Waals surface area contributed by atoms with Crippen molar-refractivity contribution in [3.63, 3.8) is 0 Å². The third-order valence-electron chi connectivity index (χ3n) is 8.25. The van der Waals surface area contributed by atoms with E-state index in [1.807, 2.05) is 34.9 Å². The van der Waals surface area contributed by atoms with E-state index in [0.717, 1.165) is 11.2 Å². The maximum absolute atomic E-state index is 5.67. The molecule has 3 aliphatic rings. The molecule has 1 aliphatic heterocycles. The Morgan fingerprint density at radius 1 is 0.732 bits per heavy atom. The van der Waals surface area contributed by atoms with Crippen molar-refractivity contribution in [1.82, 2.24) is 0 Å². The number of aryl methyl sites for hydroxylation is 3. The van der Waals surface area contributed by atoms with Crippen molar-refractivity contribution in [2.75, 3.05) is 9.80 Å². The Morgan fingerprint density at radius 2 is 1.24 bits per heavy atom. The number of benzene rings is 3. The van der Waals surface area contributed by atoms with Gasteiger partial charge in [0.05, 0.1) is 0 Å². The third-order valence-corrected chi connectivity index (χ3v) is 10.8. The fourth-order valence-corrected chi connectivity index (χ4v) is 8.75. The van der Waals surface area contributed by atoms with Gasteiger partial charge in [0.15, 0.2) is 0 Å². The third kappa shape index (κ3) is 9.63. The summed E-state index contributed by atoms with van der Waals surface area (Å²) in [5.41, 5.74) is 8.94. The van der Waals surface area contributed by atoms with Crippen LogP contribution in [0.1, 0.15) is 80.0 Å². The number of hydrogen-bond acceptors (Lipinski definition) is 2. The van der Waals surface area contributed by atoms with Gasteiger partial charge in [0.1, 0.15) is 0 Å². The van der Waals surface area contributed by atoms with E-state index in [1.54, 1.807) is 0 Å². The Morgan fingerprint density at radius 3 is 1.76 bits per heavy atom. The van der Waals surface area contributed by atoms with E-state index in [2.05, 4.69) is 88.9 Å². The van der Waals surface area contributed by atoms with Gasteiger partial charge in [-0.3, -0.25) is 0 Å². The van der Waals surface area contributed by atoms with Crippen LogP contribution in [0.5, 0.6) is 0 Å². The molecule has 0 radical (unpaired) electrons. The monoisotopic (exact) mass is 697 g/mol. The van der Waals surface area contributed by atoms with E-state index < -0.39 is 13.5 Å². The van der Waals surface area contributed by atoms with Crippen LogP contribution >= 0.6 is 28.6 Å². The first kappa shape index (κ1) is 32.7. The van der Waals surface area contributed by atoms with Crippen molar-refractivity contribution in [2.24, 2.45) is 0 Å². The molecule has 3 atom stereocenters. The van der Waals surface area contributed by atoms with Gasteiger partial charge in [0.25, 0.3) is 0 Å². The van der Waals surface area contributed by atoms with Gasteiger partial charge in [-0.2, -0.15) is 6.67 Å². The quantitative estimate of drug-likeness (QED) is 0.153. The van der Waals surface area contributed by atoms with Crippen LogP contribution < -0.4 is 9.80 Å². The van der Waals surface area contributed by atoms with Crippen LogP contribution in [0.2, 0.25) is 0 Å². The van der Waals surface area contributed by atoms with Crippen molar-refractivity contribution < 1.29 is 13.5 Å². The van der Waals surface area contributed by atoms with Crippen LogP contribution in [0.4, 0.5) is 11.4 Å². The first-order chi connectivity index (χ1) is 19.8. The zero-order valence-electron chi connectivity index (χ0n) is 24.8. The van der Waals surface area contributed by atoms with Gasteiger partial charge in [0.2, 0.25) is 0 Å². The maximum atomic E-state index is 5.67. The van der Waals surface area contributed by atoms with Crippen molar-refractivity contribution in [3.8, 4) is 0 Å². The second-order valence-electron chi connectivity index (χ2n) is 11.5.